The molecule has 2 amide bonds. The van der Waals surface area contributed by atoms with Gasteiger partial charge in [0, 0.05) is 42.0 Å². The molecule has 3 aromatic carbocycles. The quantitative estimate of drug-likeness (QED) is 0.568. The first kappa shape index (κ1) is 22.2. The normalized spacial score (nSPS) is 18.9. The predicted octanol–water partition coefficient (Wildman–Crippen LogP) is 4.73. The van der Waals surface area contributed by atoms with Gasteiger partial charge >= 0.3 is 0 Å². The van der Waals surface area contributed by atoms with Crippen LogP contribution in [0.4, 0.5) is 17.1 Å². The van der Waals surface area contributed by atoms with Crippen LogP contribution in [0.3, 0.4) is 0 Å². The van der Waals surface area contributed by atoms with E-state index in [2.05, 4.69) is 56.3 Å². The zero-order valence-electron chi connectivity index (χ0n) is 19.8. The fraction of sp³-hybridized carbons (Fsp3) is 0.310. The minimum atomic E-state index is -0.353. The molecule has 0 spiro atoms. The summed E-state index contributed by atoms with van der Waals surface area (Å²) in [5, 5.41) is 0. The summed E-state index contributed by atoms with van der Waals surface area (Å²) in [4.78, 5) is 29.9. The van der Waals surface area contributed by atoms with E-state index in [1.807, 2.05) is 23.1 Å². The van der Waals surface area contributed by atoms with Crippen molar-refractivity contribution in [3.8, 4) is 0 Å². The Kier molecular flexibility index (Phi) is 5.64. The summed E-state index contributed by atoms with van der Waals surface area (Å²) in [6.07, 6.45) is 2.19. The molecule has 5 nitrogen and oxygen atoms in total. The summed E-state index contributed by atoms with van der Waals surface area (Å²) in [6, 6.07) is 24.3. The molecule has 0 radical (unpaired) electrons. The van der Waals surface area contributed by atoms with Crippen LogP contribution < -0.4 is 15.5 Å². The number of aryl methyl sites for hydroxylation is 2. The molecule has 1 fully saturated rings. The van der Waals surface area contributed by atoms with Crippen molar-refractivity contribution in [2.45, 2.75) is 38.5 Å². The Morgan fingerprint density at radius 2 is 1.74 bits per heavy atom. The number of rotatable bonds is 5. The summed E-state index contributed by atoms with van der Waals surface area (Å²) in [7, 11) is 0. The van der Waals surface area contributed by atoms with E-state index >= 15 is 0 Å². The van der Waals surface area contributed by atoms with Crippen LogP contribution in [0, 0.1) is 5.92 Å². The molecule has 0 saturated carbocycles. The van der Waals surface area contributed by atoms with Gasteiger partial charge in [-0.05, 0) is 53.8 Å². The van der Waals surface area contributed by atoms with Crippen LogP contribution in [-0.2, 0) is 27.8 Å². The smallest absolute Gasteiger partial charge is 0.232 e. The minimum absolute atomic E-state index is 0.0288. The second-order valence-corrected chi connectivity index (χ2v) is 10.1. The molecule has 2 aliphatic heterocycles. The highest BCUT2D eigenvalue weighted by Gasteiger charge is 2.43. The maximum Gasteiger partial charge on any atom is 0.232 e. The summed E-state index contributed by atoms with van der Waals surface area (Å²) in [5.41, 5.74) is 11.9. The number of carbonyl (C=O) groups excluding carboxylic acids is 2. The molecule has 5 rings (SSSR count). The average Bonchev–Trinajstić information content (AvgIpc) is 3.35. The lowest BCUT2D eigenvalue weighted by Gasteiger charge is -2.23. The molecule has 174 valence electrons. The van der Waals surface area contributed by atoms with Crippen LogP contribution in [0.15, 0.2) is 72.8 Å². The van der Waals surface area contributed by atoms with Crippen molar-refractivity contribution in [2.24, 2.45) is 5.92 Å². The Hall–Kier alpha value is -3.60. The number of carbonyl (C=O) groups is 2. The van der Waals surface area contributed by atoms with Gasteiger partial charge in [-0.2, -0.15) is 0 Å². The monoisotopic (exact) mass is 453 g/mol. The van der Waals surface area contributed by atoms with Crippen molar-refractivity contribution in [1.82, 2.24) is 0 Å². The molecule has 0 aliphatic carbocycles. The molecular weight excluding hydrogens is 422 g/mol. The minimum Gasteiger partial charge on any atom is -0.399 e. The highest BCUT2D eigenvalue weighted by atomic mass is 16.2. The average molecular weight is 454 g/mol. The number of amides is 2. The molecule has 0 aromatic heterocycles. The summed E-state index contributed by atoms with van der Waals surface area (Å²) < 4.78 is 0. The number of hydrogen-bond acceptors (Lipinski definition) is 3. The second kappa shape index (κ2) is 8.64. The van der Waals surface area contributed by atoms with Crippen LogP contribution in [-0.4, -0.2) is 24.9 Å². The van der Waals surface area contributed by atoms with Crippen molar-refractivity contribution in [3.05, 3.63) is 89.5 Å². The summed E-state index contributed by atoms with van der Waals surface area (Å²) in [5.74, 6) is -0.351. The molecule has 5 heteroatoms. The van der Waals surface area contributed by atoms with Crippen molar-refractivity contribution >= 4 is 28.9 Å². The summed E-state index contributed by atoms with van der Waals surface area (Å²) in [6.45, 7) is 5.41. The van der Waals surface area contributed by atoms with E-state index in [1.165, 1.54) is 16.7 Å². The van der Waals surface area contributed by atoms with E-state index in [9.17, 15) is 9.59 Å². The first-order valence-electron chi connectivity index (χ1n) is 12.0. The second-order valence-electron chi connectivity index (χ2n) is 10.1. The fourth-order valence-corrected chi connectivity index (χ4v) is 5.25. The molecule has 3 aromatic rings. The Bertz CT molecular complexity index is 1240. The molecule has 34 heavy (non-hydrogen) atoms. The molecule has 2 N–H and O–H groups in total. The number of nitrogens with two attached hydrogens (primary N) is 1. The number of anilines is 3. The Morgan fingerprint density at radius 3 is 2.50 bits per heavy atom. The first-order valence-corrected chi connectivity index (χ1v) is 12.0. The van der Waals surface area contributed by atoms with Gasteiger partial charge in [-0.1, -0.05) is 62.4 Å². The number of nitrogen functional groups attached to an aromatic ring is 1. The van der Waals surface area contributed by atoms with E-state index < -0.39 is 0 Å². The van der Waals surface area contributed by atoms with Gasteiger partial charge in [0.15, 0.2) is 0 Å². The lowest BCUT2D eigenvalue weighted by Crippen LogP contribution is -2.39. The molecule has 2 heterocycles. The molecule has 0 bridgehead atoms. The van der Waals surface area contributed by atoms with Crippen molar-refractivity contribution in [1.29, 1.82) is 0 Å². The van der Waals surface area contributed by atoms with E-state index in [1.54, 1.807) is 17.0 Å². The zero-order chi connectivity index (χ0) is 23.9. The van der Waals surface area contributed by atoms with Gasteiger partial charge in [-0.15, -0.1) is 0 Å². The van der Waals surface area contributed by atoms with Crippen molar-refractivity contribution < 1.29 is 9.59 Å². The fourth-order valence-electron chi connectivity index (χ4n) is 5.25. The van der Waals surface area contributed by atoms with E-state index in [0.717, 1.165) is 24.2 Å². The number of fused-ring (bicyclic) bond motifs is 1. The van der Waals surface area contributed by atoms with Gasteiger partial charge < -0.3 is 15.5 Å². The summed E-state index contributed by atoms with van der Waals surface area (Å²) >= 11 is 0. The van der Waals surface area contributed by atoms with Crippen molar-refractivity contribution in [2.75, 3.05) is 28.6 Å². The van der Waals surface area contributed by atoms with Gasteiger partial charge in [0.2, 0.25) is 11.8 Å². The molecule has 1 saturated heterocycles. The van der Waals surface area contributed by atoms with Gasteiger partial charge in [-0.25, -0.2) is 0 Å². The van der Waals surface area contributed by atoms with Crippen LogP contribution in [0.1, 0.15) is 37.0 Å². The molecule has 2 aliphatic rings. The van der Waals surface area contributed by atoms with E-state index in [-0.39, 0.29) is 29.6 Å². The SMILES string of the molecule is CC1(C)CN(C(=O)C2CC(=O)N(c3cccc(N)c3)C2)c2ccc(CCc3ccccc3)cc21. The maximum atomic E-state index is 13.6. The van der Waals surface area contributed by atoms with Crippen molar-refractivity contribution in [3.63, 3.8) is 0 Å². The van der Waals surface area contributed by atoms with Gasteiger partial charge in [0.1, 0.15) is 0 Å². The predicted molar refractivity (Wildman–Crippen MR) is 137 cm³/mol. The Morgan fingerprint density at radius 1 is 0.971 bits per heavy atom. The van der Waals surface area contributed by atoms with Crippen LogP contribution in [0.5, 0.6) is 0 Å². The number of hydrogen-bond donors (Lipinski definition) is 1. The van der Waals surface area contributed by atoms with Gasteiger partial charge in [0.05, 0.1) is 5.92 Å². The zero-order valence-corrected chi connectivity index (χ0v) is 19.8. The van der Waals surface area contributed by atoms with Crippen LogP contribution in [0.25, 0.3) is 0 Å². The third-order valence-corrected chi connectivity index (χ3v) is 7.10. The highest BCUT2D eigenvalue weighted by molar-refractivity contribution is 6.05. The van der Waals surface area contributed by atoms with Gasteiger partial charge in [0.25, 0.3) is 0 Å². The topological polar surface area (TPSA) is 66.6 Å². The lowest BCUT2D eigenvalue weighted by atomic mass is 9.85. The standard InChI is InChI=1S/C29H31N3O2/c1-29(2)19-32(26-14-13-21(15-25(26)29)12-11-20-7-4-3-5-8-20)28(34)22-16-27(33)31(18-22)24-10-6-9-23(30)17-24/h3-10,13-15,17,22H,11-12,16,18-19,30H2,1-2H3. The number of benzene rings is 3. The number of nitrogens with zero attached hydrogens (tertiary/aromatic N) is 2. The molecule has 1 unspecified atom stereocenters. The largest absolute Gasteiger partial charge is 0.399 e. The lowest BCUT2D eigenvalue weighted by molar-refractivity contribution is -0.124. The highest BCUT2D eigenvalue weighted by Crippen LogP contribution is 2.42. The molecular formula is C29H31N3O2. The third-order valence-electron chi connectivity index (χ3n) is 7.10. The van der Waals surface area contributed by atoms with E-state index in [4.69, 9.17) is 5.73 Å². The van der Waals surface area contributed by atoms with Gasteiger partial charge in [-0.3, -0.25) is 9.59 Å². The van der Waals surface area contributed by atoms with Crippen LogP contribution >= 0.6 is 0 Å². The van der Waals surface area contributed by atoms with Crippen LogP contribution in [0.2, 0.25) is 0 Å². The Labute approximate surface area is 201 Å². The third kappa shape index (κ3) is 4.18. The molecule has 1 atom stereocenters. The first-order chi connectivity index (χ1) is 16.3. The van der Waals surface area contributed by atoms with E-state index in [0.29, 0.717) is 18.8 Å². The maximum absolute atomic E-state index is 13.6. The Balaban J connectivity index is 1.33.